The van der Waals surface area contributed by atoms with Crippen LogP contribution in [-0.2, 0) is 12.8 Å². The van der Waals surface area contributed by atoms with Crippen molar-refractivity contribution in [3.8, 4) is 0 Å². The number of pyridine rings is 1. The van der Waals surface area contributed by atoms with E-state index in [9.17, 15) is 0 Å². The summed E-state index contributed by atoms with van der Waals surface area (Å²) < 4.78 is 0. The van der Waals surface area contributed by atoms with Crippen molar-refractivity contribution in [2.24, 2.45) is 5.41 Å². The molecular formula is C25H34N2. The molecule has 0 radical (unpaired) electrons. The molecular weight excluding hydrogens is 328 g/mol. The van der Waals surface area contributed by atoms with Gasteiger partial charge in [-0.05, 0) is 66.7 Å². The zero-order chi connectivity index (χ0) is 19.4. The molecule has 3 rings (SSSR count). The minimum absolute atomic E-state index is 0.167. The molecule has 1 unspecified atom stereocenters. The van der Waals surface area contributed by atoms with Crippen LogP contribution in [0.3, 0.4) is 0 Å². The minimum atomic E-state index is 0.167. The molecule has 1 aliphatic carbocycles. The molecule has 1 heterocycles. The lowest BCUT2D eigenvalue weighted by atomic mass is 9.89. The molecule has 144 valence electrons. The molecule has 0 amide bonds. The summed E-state index contributed by atoms with van der Waals surface area (Å²) >= 11 is 0. The van der Waals surface area contributed by atoms with Gasteiger partial charge in [-0.3, -0.25) is 4.98 Å². The summed E-state index contributed by atoms with van der Waals surface area (Å²) in [5.41, 5.74) is 6.59. The first-order chi connectivity index (χ1) is 12.8. The fraction of sp³-hybridized carbons (Fsp3) is 0.480. The summed E-state index contributed by atoms with van der Waals surface area (Å²) in [5, 5.41) is 3.51. The second kappa shape index (κ2) is 8.29. The van der Waals surface area contributed by atoms with E-state index < -0.39 is 0 Å². The van der Waals surface area contributed by atoms with Gasteiger partial charge in [0.1, 0.15) is 0 Å². The number of aromatic nitrogens is 1. The van der Waals surface area contributed by atoms with Gasteiger partial charge in [-0.25, -0.2) is 0 Å². The fourth-order valence-corrected chi connectivity index (χ4v) is 3.36. The molecule has 2 nitrogen and oxygen atoms in total. The second-order valence-electron chi connectivity index (χ2n) is 9.31. The third-order valence-corrected chi connectivity index (χ3v) is 5.32. The van der Waals surface area contributed by atoms with E-state index in [1.165, 1.54) is 36.0 Å². The smallest absolute Gasteiger partial charge is 0.0654 e. The average Bonchev–Trinajstić information content (AvgIpc) is 3.45. The highest BCUT2D eigenvalue weighted by Gasteiger charge is 2.22. The van der Waals surface area contributed by atoms with Gasteiger partial charge in [-0.2, -0.15) is 0 Å². The van der Waals surface area contributed by atoms with Crippen molar-refractivity contribution in [1.82, 2.24) is 10.3 Å². The molecule has 2 heteroatoms. The summed E-state index contributed by atoms with van der Waals surface area (Å²) in [7, 11) is 0. The Kier molecular flexibility index (Phi) is 6.04. The lowest BCUT2D eigenvalue weighted by Crippen LogP contribution is -2.19. The molecule has 1 atom stereocenters. The normalized spacial score (nSPS) is 15.4. The van der Waals surface area contributed by atoms with Crippen LogP contribution < -0.4 is 5.32 Å². The summed E-state index contributed by atoms with van der Waals surface area (Å²) in [4.78, 5) is 4.67. The van der Waals surface area contributed by atoms with Crippen LogP contribution in [-0.4, -0.2) is 4.98 Å². The summed E-state index contributed by atoms with van der Waals surface area (Å²) in [6.07, 6.45) is 7.86. The highest BCUT2D eigenvalue weighted by molar-refractivity contribution is 5.30. The molecule has 1 aromatic carbocycles. The lowest BCUT2D eigenvalue weighted by Gasteiger charge is -2.19. The summed E-state index contributed by atoms with van der Waals surface area (Å²) in [6.45, 7) is 13.2. The SMILES string of the molecule is C=C(Cc1ccc(C2CC2)cc1)NC(C)c1ccc(CCC(C)(C)C)cn1. The fourth-order valence-electron chi connectivity index (χ4n) is 3.36. The molecule has 1 aliphatic rings. The Labute approximate surface area is 165 Å². The average molecular weight is 363 g/mol. The largest absolute Gasteiger partial charge is 0.380 e. The van der Waals surface area contributed by atoms with E-state index >= 15 is 0 Å². The lowest BCUT2D eigenvalue weighted by molar-refractivity contribution is 0.378. The van der Waals surface area contributed by atoms with Crippen molar-refractivity contribution < 1.29 is 0 Å². The summed E-state index contributed by atoms with van der Waals surface area (Å²) in [6, 6.07) is 13.6. The first kappa shape index (κ1) is 19.7. The molecule has 0 spiro atoms. The number of hydrogen-bond acceptors (Lipinski definition) is 2. The Morgan fingerprint density at radius 2 is 1.78 bits per heavy atom. The quantitative estimate of drug-likeness (QED) is 0.592. The molecule has 0 bridgehead atoms. The Morgan fingerprint density at radius 1 is 1.11 bits per heavy atom. The Hall–Kier alpha value is -2.09. The number of hydrogen-bond donors (Lipinski definition) is 1. The molecule has 0 saturated heterocycles. The Bertz CT molecular complexity index is 746. The van der Waals surface area contributed by atoms with Crippen molar-refractivity contribution in [2.75, 3.05) is 0 Å². The Balaban J connectivity index is 1.49. The predicted molar refractivity (Wildman–Crippen MR) is 115 cm³/mol. The van der Waals surface area contributed by atoms with Crippen molar-refractivity contribution in [1.29, 1.82) is 0 Å². The first-order valence-corrected chi connectivity index (χ1v) is 10.3. The number of nitrogens with zero attached hydrogens (tertiary/aromatic N) is 1. The molecule has 1 saturated carbocycles. The maximum absolute atomic E-state index is 4.67. The van der Waals surface area contributed by atoms with Gasteiger partial charge in [-0.15, -0.1) is 0 Å². The highest BCUT2D eigenvalue weighted by atomic mass is 14.9. The van der Waals surface area contributed by atoms with Crippen LogP contribution in [0.1, 0.15) is 81.3 Å². The van der Waals surface area contributed by atoms with Crippen LogP contribution in [0.5, 0.6) is 0 Å². The van der Waals surface area contributed by atoms with E-state index in [-0.39, 0.29) is 6.04 Å². The second-order valence-corrected chi connectivity index (χ2v) is 9.31. The van der Waals surface area contributed by atoms with Crippen LogP contribution >= 0.6 is 0 Å². The van der Waals surface area contributed by atoms with Crippen LogP contribution in [0.25, 0.3) is 0 Å². The van der Waals surface area contributed by atoms with E-state index in [1.807, 2.05) is 6.20 Å². The van der Waals surface area contributed by atoms with Crippen LogP contribution in [0.4, 0.5) is 0 Å². The van der Waals surface area contributed by atoms with Gasteiger partial charge in [0, 0.05) is 18.3 Å². The minimum Gasteiger partial charge on any atom is -0.380 e. The van der Waals surface area contributed by atoms with Crippen molar-refractivity contribution in [3.63, 3.8) is 0 Å². The summed E-state index contributed by atoms with van der Waals surface area (Å²) in [5.74, 6) is 0.817. The third-order valence-electron chi connectivity index (χ3n) is 5.32. The molecule has 0 aliphatic heterocycles. The van der Waals surface area contributed by atoms with Gasteiger partial charge < -0.3 is 5.32 Å². The van der Waals surface area contributed by atoms with E-state index in [0.717, 1.165) is 30.2 Å². The third kappa shape index (κ3) is 6.23. The standard InChI is InChI=1S/C25H34N2/c1-18(16-20-6-9-22(10-7-20)23-11-12-23)27-19(2)24-13-8-21(17-26-24)14-15-25(3,4)5/h6-10,13,17,19,23,27H,1,11-12,14-16H2,2-5H3. The number of benzene rings is 1. The molecule has 1 N–H and O–H groups in total. The topological polar surface area (TPSA) is 24.9 Å². The van der Waals surface area contributed by atoms with Crippen molar-refractivity contribution in [3.05, 3.63) is 77.3 Å². The van der Waals surface area contributed by atoms with Gasteiger partial charge in [0.15, 0.2) is 0 Å². The van der Waals surface area contributed by atoms with Crippen LogP contribution in [0.15, 0.2) is 54.9 Å². The van der Waals surface area contributed by atoms with Gasteiger partial charge in [0.05, 0.1) is 11.7 Å². The van der Waals surface area contributed by atoms with E-state index in [1.54, 1.807) is 0 Å². The number of aryl methyl sites for hydroxylation is 1. The number of nitrogens with one attached hydrogen (secondary N) is 1. The molecule has 1 aromatic heterocycles. The molecule has 2 aromatic rings. The highest BCUT2D eigenvalue weighted by Crippen LogP contribution is 2.39. The maximum atomic E-state index is 4.67. The number of allylic oxidation sites excluding steroid dienone is 1. The van der Waals surface area contributed by atoms with Gasteiger partial charge in [0.2, 0.25) is 0 Å². The first-order valence-electron chi connectivity index (χ1n) is 10.3. The van der Waals surface area contributed by atoms with Gasteiger partial charge in [-0.1, -0.05) is 57.7 Å². The van der Waals surface area contributed by atoms with Gasteiger partial charge >= 0.3 is 0 Å². The number of rotatable bonds is 8. The Morgan fingerprint density at radius 3 is 2.33 bits per heavy atom. The van der Waals surface area contributed by atoms with Crippen molar-refractivity contribution in [2.45, 2.75) is 71.8 Å². The van der Waals surface area contributed by atoms with E-state index in [0.29, 0.717) is 5.41 Å². The van der Waals surface area contributed by atoms with Crippen LogP contribution in [0, 0.1) is 5.41 Å². The zero-order valence-electron chi connectivity index (χ0n) is 17.4. The molecule has 1 fully saturated rings. The molecule has 27 heavy (non-hydrogen) atoms. The van der Waals surface area contributed by atoms with Crippen molar-refractivity contribution >= 4 is 0 Å². The van der Waals surface area contributed by atoms with E-state index in [2.05, 4.69) is 81.0 Å². The predicted octanol–water partition coefficient (Wildman–Crippen LogP) is 6.34. The van der Waals surface area contributed by atoms with E-state index in [4.69, 9.17) is 0 Å². The van der Waals surface area contributed by atoms with Crippen LogP contribution in [0.2, 0.25) is 0 Å². The van der Waals surface area contributed by atoms with Gasteiger partial charge in [0.25, 0.3) is 0 Å². The maximum Gasteiger partial charge on any atom is 0.0654 e. The monoisotopic (exact) mass is 362 g/mol. The zero-order valence-corrected chi connectivity index (χ0v) is 17.4.